The summed E-state index contributed by atoms with van der Waals surface area (Å²) < 4.78 is 10.5. The van der Waals surface area contributed by atoms with Crippen LogP contribution in [0.5, 0.6) is 11.5 Å². The normalized spacial score (nSPS) is 11.3. The Labute approximate surface area is 198 Å². The minimum Gasteiger partial charge on any atom is -0.497 e. The Morgan fingerprint density at radius 3 is 2.45 bits per heavy atom. The van der Waals surface area contributed by atoms with Gasteiger partial charge in [0, 0.05) is 18.0 Å². The van der Waals surface area contributed by atoms with Crippen molar-refractivity contribution in [1.82, 2.24) is 10.2 Å². The molecule has 0 aliphatic rings. The molecule has 1 aromatic heterocycles. The molecular formula is C26H28N2O4S. The third kappa shape index (κ3) is 6.46. The molecule has 6 nitrogen and oxygen atoms in total. The Kier molecular flexibility index (Phi) is 8.66. The van der Waals surface area contributed by atoms with E-state index in [1.165, 1.54) is 11.3 Å². The van der Waals surface area contributed by atoms with Crippen molar-refractivity contribution in [1.29, 1.82) is 0 Å². The number of hydrogen-bond donors (Lipinski definition) is 1. The van der Waals surface area contributed by atoms with Gasteiger partial charge in [-0.2, -0.15) is 0 Å². The summed E-state index contributed by atoms with van der Waals surface area (Å²) in [7, 11) is 3.18. The van der Waals surface area contributed by atoms with E-state index in [1.807, 2.05) is 53.9 Å². The first-order chi connectivity index (χ1) is 16.0. The molecule has 0 bridgehead atoms. The van der Waals surface area contributed by atoms with Crippen molar-refractivity contribution >= 4 is 23.2 Å². The molecule has 0 aliphatic heterocycles. The Bertz CT molecular complexity index is 1060. The monoisotopic (exact) mass is 464 g/mol. The van der Waals surface area contributed by atoms with Crippen LogP contribution in [0.15, 0.2) is 78.7 Å². The van der Waals surface area contributed by atoms with Crippen LogP contribution in [0.2, 0.25) is 0 Å². The summed E-state index contributed by atoms with van der Waals surface area (Å²) in [5.74, 6) is 0.936. The Balaban J connectivity index is 1.87. The van der Waals surface area contributed by atoms with Gasteiger partial charge in [-0.25, -0.2) is 0 Å². The summed E-state index contributed by atoms with van der Waals surface area (Å²) in [5, 5.41) is 4.91. The van der Waals surface area contributed by atoms with E-state index in [4.69, 9.17) is 9.47 Å². The van der Waals surface area contributed by atoms with Gasteiger partial charge in [-0.1, -0.05) is 36.4 Å². The molecule has 7 heteroatoms. The van der Waals surface area contributed by atoms with E-state index in [1.54, 1.807) is 37.3 Å². The van der Waals surface area contributed by atoms with Crippen molar-refractivity contribution in [2.45, 2.75) is 19.0 Å². The molecule has 0 spiro atoms. The highest BCUT2D eigenvalue weighted by Gasteiger charge is 2.31. The lowest BCUT2D eigenvalue weighted by atomic mass is 10.0. The standard InChI is InChI=1S/C26H28N2O4S/c1-4-14-28(24(29)17-23-9-6-15-33-23)25(20-7-5-8-22(16-20)32-3)26(30)27-18-19-10-12-21(31-2)13-11-19/h4-13,15-16,25H,1,14,17-18H2,2-3H3,(H,27,30)/t25-/m0/s1. The topological polar surface area (TPSA) is 67.9 Å². The Hall–Kier alpha value is -3.58. The van der Waals surface area contributed by atoms with Crippen molar-refractivity contribution in [2.24, 2.45) is 0 Å². The van der Waals surface area contributed by atoms with E-state index in [-0.39, 0.29) is 24.8 Å². The second-order valence-corrected chi connectivity index (χ2v) is 8.37. The number of ether oxygens (including phenoxy) is 2. The maximum absolute atomic E-state index is 13.5. The van der Waals surface area contributed by atoms with Gasteiger partial charge in [0.2, 0.25) is 11.8 Å². The molecule has 1 N–H and O–H groups in total. The van der Waals surface area contributed by atoms with Gasteiger partial charge >= 0.3 is 0 Å². The molecule has 0 aliphatic carbocycles. The molecule has 2 aromatic carbocycles. The molecule has 1 heterocycles. The Morgan fingerprint density at radius 2 is 1.82 bits per heavy atom. The molecule has 0 saturated heterocycles. The molecular weight excluding hydrogens is 436 g/mol. The first-order valence-electron chi connectivity index (χ1n) is 10.5. The van der Waals surface area contributed by atoms with E-state index >= 15 is 0 Å². The van der Waals surface area contributed by atoms with Crippen LogP contribution in [-0.2, 0) is 22.6 Å². The molecule has 0 saturated carbocycles. The molecule has 0 fully saturated rings. The van der Waals surface area contributed by atoms with Crippen LogP contribution >= 0.6 is 11.3 Å². The smallest absolute Gasteiger partial charge is 0.247 e. The number of rotatable bonds is 11. The number of nitrogens with zero attached hydrogens (tertiary/aromatic N) is 1. The molecule has 3 rings (SSSR count). The van der Waals surface area contributed by atoms with Crippen molar-refractivity contribution in [2.75, 3.05) is 20.8 Å². The van der Waals surface area contributed by atoms with Crippen LogP contribution in [-0.4, -0.2) is 37.5 Å². The van der Waals surface area contributed by atoms with Gasteiger partial charge in [0.25, 0.3) is 0 Å². The highest BCUT2D eigenvalue weighted by atomic mass is 32.1. The number of nitrogens with one attached hydrogen (secondary N) is 1. The molecule has 33 heavy (non-hydrogen) atoms. The fourth-order valence-electron chi connectivity index (χ4n) is 3.47. The first kappa shape index (κ1) is 24.1. The number of thiophene rings is 1. The van der Waals surface area contributed by atoms with Crippen molar-refractivity contribution in [3.63, 3.8) is 0 Å². The summed E-state index contributed by atoms with van der Waals surface area (Å²) in [6, 6.07) is 17.7. The number of carbonyl (C=O) groups is 2. The molecule has 3 aromatic rings. The summed E-state index contributed by atoms with van der Waals surface area (Å²) in [6.07, 6.45) is 1.86. The van der Waals surface area contributed by atoms with Crippen molar-refractivity contribution < 1.29 is 19.1 Å². The number of carbonyl (C=O) groups excluding carboxylic acids is 2. The zero-order valence-corrected chi connectivity index (χ0v) is 19.6. The lowest BCUT2D eigenvalue weighted by Gasteiger charge is -2.30. The zero-order chi connectivity index (χ0) is 23.6. The summed E-state index contributed by atoms with van der Waals surface area (Å²) in [4.78, 5) is 29.2. The highest BCUT2D eigenvalue weighted by Crippen LogP contribution is 2.26. The predicted octanol–water partition coefficient (Wildman–Crippen LogP) is 4.38. The quantitative estimate of drug-likeness (QED) is 0.428. The summed E-state index contributed by atoms with van der Waals surface area (Å²) in [6.45, 7) is 4.36. The summed E-state index contributed by atoms with van der Waals surface area (Å²) in [5.41, 5.74) is 1.59. The van der Waals surface area contributed by atoms with E-state index < -0.39 is 6.04 Å². The lowest BCUT2D eigenvalue weighted by molar-refractivity contribution is -0.139. The van der Waals surface area contributed by atoms with Crippen LogP contribution in [0.1, 0.15) is 22.0 Å². The second-order valence-electron chi connectivity index (χ2n) is 7.34. The molecule has 0 unspecified atom stereocenters. The zero-order valence-electron chi connectivity index (χ0n) is 18.8. The van der Waals surface area contributed by atoms with Gasteiger partial charge in [0.05, 0.1) is 20.6 Å². The van der Waals surface area contributed by atoms with Gasteiger partial charge in [-0.3, -0.25) is 9.59 Å². The minimum atomic E-state index is -0.830. The SMILES string of the molecule is C=CCN(C(=O)Cc1cccs1)[C@H](C(=O)NCc1ccc(OC)cc1)c1cccc(OC)c1. The number of hydrogen-bond acceptors (Lipinski definition) is 5. The predicted molar refractivity (Wildman–Crippen MR) is 131 cm³/mol. The number of amides is 2. The van der Waals surface area contributed by atoms with Crippen LogP contribution in [0.3, 0.4) is 0 Å². The van der Waals surface area contributed by atoms with E-state index in [0.717, 1.165) is 16.2 Å². The average molecular weight is 465 g/mol. The fraction of sp³-hybridized carbons (Fsp3) is 0.231. The van der Waals surface area contributed by atoms with Crippen molar-refractivity contribution in [3.05, 3.63) is 94.7 Å². The first-order valence-corrected chi connectivity index (χ1v) is 11.4. The Morgan fingerprint density at radius 1 is 1.06 bits per heavy atom. The maximum Gasteiger partial charge on any atom is 0.247 e. The van der Waals surface area contributed by atoms with Crippen molar-refractivity contribution in [3.8, 4) is 11.5 Å². The lowest BCUT2D eigenvalue weighted by Crippen LogP contribution is -2.44. The molecule has 1 atom stereocenters. The van der Waals surface area contributed by atoms with Crippen LogP contribution < -0.4 is 14.8 Å². The van der Waals surface area contributed by atoms with E-state index in [0.29, 0.717) is 17.9 Å². The fourth-order valence-corrected chi connectivity index (χ4v) is 4.16. The van der Waals surface area contributed by atoms with Crippen LogP contribution in [0.25, 0.3) is 0 Å². The molecule has 2 amide bonds. The van der Waals surface area contributed by atoms with Gasteiger partial charge in [-0.05, 0) is 46.8 Å². The number of methoxy groups -OCH3 is 2. The minimum absolute atomic E-state index is 0.148. The van der Waals surface area contributed by atoms with Crippen LogP contribution in [0, 0.1) is 0 Å². The maximum atomic E-state index is 13.5. The summed E-state index contributed by atoms with van der Waals surface area (Å²) >= 11 is 1.52. The van der Waals surface area contributed by atoms with E-state index in [2.05, 4.69) is 11.9 Å². The average Bonchev–Trinajstić information content (AvgIpc) is 3.36. The van der Waals surface area contributed by atoms with Gasteiger partial charge in [-0.15, -0.1) is 17.9 Å². The third-order valence-corrected chi connectivity index (χ3v) is 6.02. The van der Waals surface area contributed by atoms with Crippen LogP contribution in [0.4, 0.5) is 0 Å². The highest BCUT2D eigenvalue weighted by molar-refractivity contribution is 7.10. The largest absolute Gasteiger partial charge is 0.497 e. The van der Waals surface area contributed by atoms with Gasteiger partial charge in [0.1, 0.15) is 17.5 Å². The van der Waals surface area contributed by atoms with Gasteiger partial charge in [0.15, 0.2) is 0 Å². The third-order valence-electron chi connectivity index (χ3n) is 5.15. The number of benzene rings is 2. The second kappa shape index (κ2) is 11.9. The molecule has 0 radical (unpaired) electrons. The van der Waals surface area contributed by atoms with Gasteiger partial charge < -0.3 is 19.7 Å². The molecule has 172 valence electrons. The van der Waals surface area contributed by atoms with E-state index in [9.17, 15) is 9.59 Å².